The van der Waals surface area contributed by atoms with Crippen LogP contribution in [0.25, 0.3) is 11.3 Å². The van der Waals surface area contributed by atoms with Crippen LogP contribution in [0.1, 0.15) is 11.1 Å². The van der Waals surface area contributed by atoms with Crippen LogP contribution in [0.15, 0.2) is 83.9 Å². The van der Waals surface area contributed by atoms with Gasteiger partial charge in [0.25, 0.3) is 10.0 Å². The van der Waals surface area contributed by atoms with Crippen molar-refractivity contribution in [1.82, 2.24) is 9.19 Å². The molecule has 31 heavy (non-hydrogen) atoms. The number of hydrogen-bond donors (Lipinski definition) is 0. The van der Waals surface area contributed by atoms with Gasteiger partial charge in [-0.3, -0.25) is 0 Å². The number of aromatic nitrogens is 2. The van der Waals surface area contributed by atoms with Crippen LogP contribution in [0.4, 0.5) is 0 Å². The molecule has 158 valence electrons. The van der Waals surface area contributed by atoms with Crippen LogP contribution in [0.2, 0.25) is 10.0 Å². The Labute approximate surface area is 190 Å². The highest BCUT2D eigenvalue weighted by Crippen LogP contribution is 2.25. The molecule has 0 N–H and O–H groups in total. The third kappa shape index (κ3) is 4.77. The van der Waals surface area contributed by atoms with Crippen LogP contribution < -0.4 is 4.74 Å². The normalized spacial score (nSPS) is 11.5. The molecule has 4 aromatic rings. The number of ether oxygens (including phenoxy) is 1. The highest BCUT2D eigenvalue weighted by atomic mass is 35.5. The average molecular weight is 473 g/mol. The van der Waals surface area contributed by atoms with Gasteiger partial charge in [0.1, 0.15) is 12.4 Å². The first-order valence-corrected chi connectivity index (χ1v) is 11.6. The Bertz CT molecular complexity index is 1320. The first-order chi connectivity index (χ1) is 14.8. The molecular weight excluding hydrogens is 455 g/mol. The topological polar surface area (TPSA) is 61.2 Å². The summed E-state index contributed by atoms with van der Waals surface area (Å²) in [6, 6.07) is 20.8. The molecule has 5 nitrogen and oxygen atoms in total. The lowest BCUT2D eigenvalue weighted by Gasteiger charge is -2.08. The quantitative estimate of drug-likeness (QED) is 0.346. The van der Waals surface area contributed by atoms with E-state index in [0.717, 1.165) is 20.8 Å². The largest absolute Gasteiger partial charge is 0.489 e. The molecule has 0 fully saturated rings. The second-order valence-corrected chi connectivity index (χ2v) is 9.58. The van der Waals surface area contributed by atoms with E-state index in [4.69, 9.17) is 27.9 Å². The molecular formula is C23H18Cl2N2O3S. The molecule has 0 spiro atoms. The molecule has 0 bridgehead atoms. The van der Waals surface area contributed by atoms with Crippen molar-refractivity contribution in [2.45, 2.75) is 18.4 Å². The minimum Gasteiger partial charge on any atom is -0.489 e. The number of rotatable bonds is 6. The highest BCUT2D eigenvalue weighted by molar-refractivity contribution is 7.89. The molecule has 0 radical (unpaired) electrons. The third-order valence-electron chi connectivity index (χ3n) is 4.69. The van der Waals surface area contributed by atoms with Gasteiger partial charge < -0.3 is 4.74 Å². The van der Waals surface area contributed by atoms with E-state index in [1.807, 2.05) is 25.1 Å². The Balaban J connectivity index is 1.48. The molecule has 0 amide bonds. The average Bonchev–Trinajstić information content (AvgIpc) is 3.25. The predicted octanol–water partition coefficient (Wildman–Crippen LogP) is 5.98. The minimum atomic E-state index is -3.74. The molecule has 0 aliphatic heterocycles. The van der Waals surface area contributed by atoms with Gasteiger partial charge in [-0.15, -0.1) is 0 Å². The highest BCUT2D eigenvalue weighted by Gasteiger charge is 2.18. The Morgan fingerprint density at radius 3 is 2.32 bits per heavy atom. The van der Waals surface area contributed by atoms with Crippen LogP contribution in [0.3, 0.4) is 0 Å². The lowest BCUT2D eigenvalue weighted by Crippen LogP contribution is -2.13. The van der Waals surface area contributed by atoms with Crippen LogP contribution in [-0.4, -0.2) is 17.6 Å². The summed E-state index contributed by atoms with van der Waals surface area (Å²) >= 11 is 12.1. The molecule has 3 aromatic carbocycles. The van der Waals surface area contributed by atoms with Crippen molar-refractivity contribution in [3.05, 3.63) is 100 Å². The summed E-state index contributed by atoms with van der Waals surface area (Å²) in [6.45, 7) is 2.21. The summed E-state index contributed by atoms with van der Waals surface area (Å²) in [5, 5.41) is 5.37. The van der Waals surface area contributed by atoms with Gasteiger partial charge in [0.05, 0.1) is 10.6 Å². The van der Waals surface area contributed by atoms with E-state index in [1.54, 1.807) is 54.6 Å². The van der Waals surface area contributed by atoms with Crippen molar-refractivity contribution in [2.24, 2.45) is 0 Å². The number of halogens is 2. The molecule has 0 aliphatic carbocycles. The van der Waals surface area contributed by atoms with Gasteiger partial charge in [-0.25, -0.2) is 0 Å². The summed E-state index contributed by atoms with van der Waals surface area (Å²) in [4.78, 5) is 0.192. The van der Waals surface area contributed by atoms with E-state index in [9.17, 15) is 8.42 Å². The zero-order chi connectivity index (χ0) is 22.0. The van der Waals surface area contributed by atoms with Gasteiger partial charge >= 0.3 is 0 Å². The Kier molecular flexibility index (Phi) is 6.05. The van der Waals surface area contributed by atoms with Crippen molar-refractivity contribution in [3.63, 3.8) is 0 Å². The van der Waals surface area contributed by atoms with Crippen LogP contribution in [-0.2, 0) is 16.6 Å². The summed E-state index contributed by atoms with van der Waals surface area (Å²) < 4.78 is 32.3. The summed E-state index contributed by atoms with van der Waals surface area (Å²) in [5.41, 5.74) is 3.13. The summed E-state index contributed by atoms with van der Waals surface area (Å²) in [6.07, 6.45) is 1.44. The second kappa shape index (κ2) is 8.75. The molecule has 0 unspecified atom stereocenters. The van der Waals surface area contributed by atoms with Gasteiger partial charge in [0.2, 0.25) is 0 Å². The van der Waals surface area contributed by atoms with Crippen molar-refractivity contribution >= 4 is 33.2 Å². The molecule has 1 heterocycles. The monoisotopic (exact) mass is 472 g/mol. The van der Waals surface area contributed by atoms with Crippen LogP contribution in [0, 0.1) is 6.92 Å². The first-order valence-electron chi connectivity index (χ1n) is 9.38. The number of aryl methyl sites for hydroxylation is 1. The van der Waals surface area contributed by atoms with Gasteiger partial charge in [0.15, 0.2) is 0 Å². The lowest BCUT2D eigenvalue weighted by atomic mass is 10.1. The zero-order valence-corrected chi connectivity index (χ0v) is 18.8. The maximum absolute atomic E-state index is 12.8. The SMILES string of the molecule is Cc1ccc(S(=O)(=O)n2ccc(-c3ccc(OCc4ccc(Cl)cc4Cl)cc3)n2)cc1. The Morgan fingerprint density at radius 1 is 0.935 bits per heavy atom. The van der Waals surface area contributed by atoms with Gasteiger partial charge in [-0.2, -0.15) is 17.6 Å². The number of benzene rings is 3. The molecule has 1 aromatic heterocycles. The van der Waals surface area contributed by atoms with E-state index >= 15 is 0 Å². The summed E-state index contributed by atoms with van der Waals surface area (Å²) in [5.74, 6) is 0.654. The van der Waals surface area contributed by atoms with E-state index in [-0.39, 0.29) is 4.90 Å². The maximum atomic E-state index is 12.8. The maximum Gasteiger partial charge on any atom is 0.282 e. The standard InChI is InChI=1S/C23H18Cl2N2O3S/c1-16-2-10-21(11-3-16)31(28,29)27-13-12-23(26-27)17-5-8-20(9-6-17)30-15-18-4-7-19(24)14-22(18)25/h2-14H,15H2,1H3. The Hall–Kier alpha value is -2.80. The second-order valence-electron chi connectivity index (χ2n) is 6.94. The number of hydrogen-bond acceptors (Lipinski definition) is 4. The molecule has 8 heteroatoms. The van der Waals surface area contributed by atoms with Gasteiger partial charge in [-0.1, -0.05) is 47.0 Å². The zero-order valence-electron chi connectivity index (χ0n) is 16.5. The van der Waals surface area contributed by atoms with Crippen LogP contribution in [0.5, 0.6) is 5.75 Å². The van der Waals surface area contributed by atoms with E-state index in [1.165, 1.54) is 6.20 Å². The predicted molar refractivity (Wildman–Crippen MR) is 122 cm³/mol. The molecule has 0 atom stereocenters. The third-order valence-corrected chi connectivity index (χ3v) is 6.84. The van der Waals surface area contributed by atoms with E-state index in [0.29, 0.717) is 28.1 Å². The fourth-order valence-corrected chi connectivity index (χ4v) is 4.51. The van der Waals surface area contributed by atoms with Crippen molar-refractivity contribution in [3.8, 4) is 17.0 Å². The fraction of sp³-hybridized carbons (Fsp3) is 0.0870. The van der Waals surface area contributed by atoms with Crippen LogP contribution >= 0.6 is 23.2 Å². The first kappa shape index (κ1) is 21.4. The summed E-state index contributed by atoms with van der Waals surface area (Å²) in [7, 11) is -3.74. The molecule has 0 aliphatic rings. The Morgan fingerprint density at radius 2 is 1.65 bits per heavy atom. The van der Waals surface area contributed by atoms with Gasteiger partial charge in [-0.05, 0) is 61.5 Å². The van der Waals surface area contributed by atoms with Gasteiger partial charge in [0, 0.05) is 27.4 Å². The minimum absolute atomic E-state index is 0.192. The number of nitrogens with zero attached hydrogens (tertiary/aromatic N) is 2. The molecule has 0 saturated heterocycles. The van der Waals surface area contributed by atoms with E-state index < -0.39 is 10.0 Å². The van der Waals surface area contributed by atoms with E-state index in [2.05, 4.69) is 5.10 Å². The van der Waals surface area contributed by atoms with Crippen molar-refractivity contribution in [1.29, 1.82) is 0 Å². The van der Waals surface area contributed by atoms with Crippen molar-refractivity contribution < 1.29 is 13.2 Å². The molecule has 4 rings (SSSR count). The lowest BCUT2D eigenvalue weighted by molar-refractivity contribution is 0.306. The fourth-order valence-electron chi connectivity index (χ4n) is 2.94. The van der Waals surface area contributed by atoms with Crippen molar-refractivity contribution in [2.75, 3.05) is 0 Å². The molecule has 0 saturated carbocycles. The smallest absolute Gasteiger partial charge is 0.282 e.